The van der Waals surface area contributed by atoms with Crippen molar-refractivity contribution in [1.82, 2.24) is 9.78 Å². The van der Waals surface area contributed by atoms with E-state index in [1.54, 1.807) is 6.20 Å². The Morgan fingerprint density at radius 1 is 1.07 bits per heavy atom. The molecule has 0 saturated carbocycles. The SMILES string of the molecule is CC.CC(CCOc1ccccc1Cc1ccc(-n2cccn2)cc1)CC(S)CO. The van der Waals surface area contributed by atoms with Gasteiger partial charge >= 0.3 is 0 Å². The second-order valence-electron chi connectivity index (χ2n) is 7.22. The molecule has 2 aromatic carbocycles. The van der Waals surface area contributed by atoms with Crippen LogP contribution in [0, 0.1) is 5.92 Å². The van der Waals surface area contributed by atoms with E-state index in [0.717, 1.165) is 30.7 Å². The highest BCUT2D eigenvalue weighted by Crippen LogP contribution is 2.23. The highest BCUT2D eigenvalue weighted by molar-refractivity contribution is 7.81. The third kappa shape index (κ3) is 7.54. The third-order valence-electron chi connectivity index (χ3n) is 4.83. The largest absolute Gasteiger partial charge is 0.493 e. The molecule has 30 heavy (non-hydrogen) atoms. The van der Waals surface area contributed by atoms with Crippen molar-refractivity contribution in [2.45, 2.75) is 45.3 Å². The number of nitrogens with zero attached hydrogens (tertiary/aromatic N) is 2. The minimum atomic E-state index is 0.0481. The van der Waals surface area contributed by atoms with Gasteiger partial charge in [-0.15, -0.1) is 0 Å². The van der Waals surface area contributed by atoms with Gasteiger partial charge in [0.1, 0.15) is 5.75 Å². The molecule has 3 rings (SSSR count). The second-order valence-corrected chi connectivity index (χ2v) is 7.95. The molecule has 1 N–H and O–H groups in total. The fourth-order valence-electron chi connectivity index (χ4n) is 3.23. The summed E-state index contributed by atoms with van der Waals surface area (Å²) in [7, 11) is 0. The van der Waals surface area contributed by atoms with Gasteiger partial charge in [0.2, 0.25) is 0 Å². The molecule has 162 valence electrons. The minimum absolute atomic E-state index is 0.0481. The van der Waals surface area contributed by atoms with Gasteiger partial charge < -0.3 is 9.84 Å². The van der Waals surface area contributed by atoms with Crippen molar-refractivity contribution >= 4 is 12.6 Å². The summed E-state index contributed by atoms with van der Waals surface area (Å²) in [6.07, 6.45) is 6.39. The summed E-state index contributed by atoms with van der Waals surface area (Å²) in [4.78, 5) is 0. The lowest BCUT2D eigenvalue weighted by molar-refractivity contribution is 0.254. The van der Waals surface area contributed by atoms with Crippen LogP contribution < -0.4 is 4.74 Å². The van der Waals surface area contributed by atoms with Crippen LogP contribution in [0.2, 0.25) is 0 Å². The number of thiol groups is 1. The van der Waals surface area contributed by atoms with Crippen molar-refractivity contribution in [3.05, 3.63) is 78.1 Å². The third-order valence-corrected chi connectivity index (χ3v) is 5.20. The fraction of sp³-hybridized carbons (Fsp3) is 0.400. The van der Waals surface area contributed by atoms with Crippen LogP contribution in [0.5, 0.6) is 5.75 Å². The van der Waals surface area contributed by atoms with Gasteiger partial charge in [-0.3, -0.25) is 0 Å². The molecule has 0 bridgehead atoms. The van der Waals surface area contributed by atoms with Crippen molar-refractivity contribution in [3.8, 4) is 11.4 Å². The number of aliphatic hydroxyl groups is 1. The lowest BCUT2D eigenvalue weighted by atomic mass is 10.0. The lowest BCUT2D eigenvalue weighted by Crippen LogP contribution is -2.13. The molecule has 1 heterocycles. The van der Waals surface area contributed by atoms with Crippen molar-refractivity contribution in [2.24, 2.45) is 5.92 Å². The van der Waals surface area contributed by atoms with E-state index in [2.05, 4.69) is 61.0 Å². The van der Waals surface area contributed by atoms with Gasteiger partial charge in [-0.2, -0.15) is 17.7 Å². The highest BCUT2D eigenvalue weighted by Gasteiger charge is 2.10. The molecule has 2 atom stereocenters. The number of ether oxygens (including phenoxy) is 1. The quantitative estimate of drug-likeness (QED) is 0.416. The molecule has 2 unspecified atom stereocenters. The van der Waals surface area contributed by atoms with Crippen LogP contribution in [-0.2, 0) is 6.42 Å². The van der Waals surface area contributed by atoms with E-state index in [1.807, 2.05) is 42.9 Å². The highest BCUT2D eigenvalue weighted by atomic mass is 32.1. The maximum Gasteiger partial charge on any atom is 0.122 e. The van der Waals surface area contributed by atoms with Gasteiger partial charge in [0.05, 0.1) is 18.9 Å². The molecule has 0 radical (unpaired) electrons. The van der Waals surface area contributed by atoms with Gasteiger partial charge in [-0.05, 0) is 54.2 Å². The lowest BCUT2D eigenvalue weighted by Gasteiger charge is -2.16. The topological polar surface area (TPSA) is 47.3 Å². The smallest absolute Gasteiger partial charge is 0.122 e. The Morgan fingerprint density at radius 3 is 2.47 bits per heavy atom. The maximum atomic E-state index is 9.12. The Bertz CT molecular complexity index is 835. The molecule has 0 saturated heterocycles. The van der Waals surface area contributed by atoms with E-state index >= 15 is 0 Å². The number of hydrogen-bond acceptors (Lipinski definition) is 4. The first-order chi connectivity index (χ1) is 14.7. The summed E-state index contributed by atoms with van der Waals surface area (Å²) in [5, 5.41) is 13.4. The van der Waals surface area contributed by atoms with Gasteiger partial charge in [0.25, 0.3) is 0 Å². The monoisotopic (exact) mass is 426 g/mol. The van der Waals surface area contributed by atoms with Crippen molar-refractivity contribution in [2.75, 3.05) is 13.2 Å². The van der Waals surface area contributed by atoms with Crippen LogP contribution in [0.1, 0.15) is 44.7 Å². The summed E-state index contributed by atoms with van der Waals surface area (Å²) >= 11 is 4.36. The van der Waals surface area contributed by atoms with Crippen LogP contribution in [-0.4, -0.2) is 33.4 Å². The van der Waals surface area contributed by atoms with Gasteiger partial charge in [0.15, 0.2) is 0 Å². The summed E-state index contributed by atoms with van der Waals surface area (Å²) in [6.45, 7) is 6.97. The van der Waals surface area contributed by atoms with E-state index < -0.39 is 0 Å². The molecule has 0 fully saturated rings. The van der Waals surface area contributed by atoms with E-state index in [9.17, 15) is 0 Å². The minimum Gasteiger partial charge on any atom is -0.493 e. The number of para-hydroxylation sites is 1. The van der Waals surface area contributed by atoms with Crippen LogP contribution in [0.4, 0.5) is 0 Å². The molecular weight excluding hydrogens is 392 g/mol. The van der Waals surface area contributed by atoms with Gasteiger partial charge in [-0.25, -0.2) is 4.68 Å². The summed E-state index contributed by atoms with van der Waals surface area (Å²) in [5.74, 6) is 1.41. The average molecular weight is 427 g/mol. The molecular formula is C25H34N2O2S. The first-order valence-corrected chi connectivity index (χ1v) is 11.3. The molecule has 0 aliphatic rings. The molecule has 1 aromatic heterocycles. The number of rotatable bonds is 10. The van der Waals surface area contributed by atoms with E-state index in [4.69, 9.17) is 9.84 Å². The second kappa shape index (κ2) is 13.1. The molecule has 5 heteroatoms. The Kier molecular flexibility index (Phi) is 10.5. The molecule has 4 nitrogen and oxygen atoms in total. The van der Waals surface area contributed by atoms with Crippen molar-refractivity contribution < 1.29 is 9.84 Å². The Balaban J connectivity index is 0.00000155. The number of benzene rings is 2. The van der Waals surface area contributed by atoms with Crippen LogP contribution >= 0.6 is 12.6 Å². The zero-order chi connectivity index (χ0) is 21.8. The normalized spacial score (nSPS) is 12.6. The number of hydrogen-bond donors (Lipinski definition) is 2. The number of aliphatic hydroxyl groups excluding tert-OH is 1. The van der Waals surface area contributed by atoms with Crippen LogP contribution in [0.25, 0.3) is 5.69 Å². The Labute approximate surface area is 186 Å². The first-order valence-electron chi connectivity index (χ1n) is 10.7. The van der Waals surface area contributed by atoms with Crippen LogP contribution in [0.3, 0.4) is 0 Å². The maximum absolute atomic E-state index is 9.12. The molecule has 0 aliphatic heterocycles. The molecule has 3 aromatic rings. The zero-order valence-electron chi connectivity index (χ0n) is 18.2. The predicted octanol–water partition coefficient (Wildman–Crippen LogP) is 5.58. The first kappa shape index (κ1) is 24.0. The summed E-state index contributed by atoms with van der Waals surface area (Å²) in [5.41, 5.74) is 3.48. The predicted molar refractivity (Wildman–Crippen MR) is 128 cm³/mol. The molecule has 0 amide bonds. The fourth-order valence-corrected chi connectivity index (χ4v) is 3.59. The summed E-state index contributed by atoms with van der Waals surface area (Å²) in [6, 6.07) is 18.6. The Morgan fingerprint density at radius 2 is 1.80 bits per heavy atom. The van der Waals surface area contributed by atoms with Crippen molar-refractivity contribution in [3.63, 3.8) is 0 Å². The van der Waals surface area contributed by atoms with Crippen molar-refractivity contribution in [1.29, 1.82) is 0 Å². The van der Waals surface area contributed by atoms with Crippen LogP contribution in [0.15, 0.2) is 67.0 Å². The average Bonchev–Trinajstić information content (AvgIpc) is 3.32. The summed E-state index contributed by atoms with van der Waals surface area (Å²) < 4.78 is 7.93. The standard InChI is InChI=1S/C23H28N2O2S.C2H6/c1-18(15-22(28)17-26)11-14-27-23-6-3-2-5-20(23)16-19-7-9-21(10-8-19)25-13-4-12-24-25;1-2/h2-10,12-13,18,22,26,28H,11,14-17H2,1H3;1-2H3. The molecule has 0 aliphatic carbocycles. The van der Waals surface area contributed by atoms with E-state index in [0.29, 0.717) is 12.5 Å². The van der Waals surface area contributed by atoms with Gasteiger partial charge in [0, 0.05) is 24.1 Å². The Hall–Kier alpha value is -2.24. The van der Waals surface area contributed by atoms with Gasteiger partial charge in [-0.1, -0.05) is 51.1 Å². The molecule has 0 spiro atoms. The van der Waals surface area contributed by atoms with E-state index in [1.165, 1.54) is 11.1 Å². The van der Waals surface area contributed by atoms with E-state index in [-0.39, 0.29) is 11.9 Å². The number of aromatic nitrogens is 2. The zero-order valence-corrected chi connectivity index (χ0v) is 19.1.